The van der Waals surface area contributed by atoms with E-state index >= 15 is 0 Å². The molecular formula is C12H14ClN3OS. The first-order chi connectivity index (χ1) is 8.07. The number of thiazole rings is 1. The smallest absolute Gasteiger partial charge is 0.244 e. The predicted molar refractivity (Wildman–Crippen MR) is 76.4 cm³/mol. The summed E-state index contributed by atoms with van der Waals surface area (Å²) in [4.78, 5) is 16.2. The van der Waals surface area contributed by atoms with Crippen molar-refractivity contribution in [1.82, 2.24) is 4.98 Å². The first kappa shape index (κ1) is 13.3. The van der Waals surface area contributed by atoms with E-state index in [4.69, 9.17) is 5.73 Å². The van der Waals surface area contributed by atoms with E-state index in [-0.39, 0.29) is 18.3 Å². The van der Waals surface area contributed by atoms with Gasteiger partial charge in [0.05, 0.1) is 20.8 Å². The quantitative estimate of drug-likeness (QED) is 0.889. The second-order valence-electron chi connectivity index (χ2n) is 4.53. The van der Waals surface area contributed by atoms with E-state index in [0.29, 0.717) is 0 Å². The number of carbonyl (C=O) groups excluding carboxylic acids is 1. The number of carbonyl (C=O) groups is 1. The van der Waals surface area contributed by atoms with Gasteiger partial charge < -0.3 is 11.1 Å². The number of anilines is 1. The van der Waals surface area contributed by atoms with Gasteiger partial charge in [-0.3, -0.25) is 4.79 Å². The van der Waals surface area contributed by atoms with Gasteiger partial charge in [-0.05, 0) is 38.0 Å². The van der Waals surface area contributed by atoms with Crippen LogP contribution in [0.1, 0.15) is 17.8 Å². The molecule has 1 saturated carbocycles. The highest BCUT2D eigenvalue weighted by Crippen LogP contribution is 2.33. The van der Waals surface area contributed by atoms with Crippen LogP contribution in [0.25, 0.3) is 10.2 Å². The van der Waals surface area contributed by atoms with Gasteiger partial charge in [0, 0.05) is 5.69 Å². The number of nitrogens with one attached hydrogen (secondary N) is 1. The standard InChI is InChI=1S/C12H13N3OS.ClH/c1-7-14-9-3-2-8(6-10(9)17-7)15-11(16)12(13)4-5-12;/h2-3,6H,4-5,13H2,1H3,(H,15,16);1H. The molecule has 18 heavy (non-hydrogen) atoms. The van der Waals surface area contributed by atoms with Crippen LogP contribution in [-0.4, -0.2) is 16.4 Å². The van der Waals surface area contributed by atoms with E-state index in [2.05, 4.69) is 10.3 Å². The summed E-state index contributed by atoms with van der Waals surface area (Å²) in [5, 5.41) is 3.89. The van der Waals surface area contributed by atoms with Crippen molar-refractivity contribution < 1.29 is 4.79 Å². The van der Waals surface area contributed by atoms with E-state index < -0.39 is 5.54 Å². The zero-order valence-electron chi connectivity index (χ0n) is 9.90. The molecule has 3 N–H and O–H groups in total. The normalized spacial score (nSPS) is 16.1. The maximum absolute atomic E-state index is 11.8. The van der Waals surface area contributed by atoms with Crippen molar-refractivity contribution in [1.29, 1.82) is 0 Å². The zero-order chi connectivity index (χ0) is 12.0. The summed E-state index contributed by atoms with van der Waals surface area (Å²) in [7, 11) is 0. The highest BCUT2D eigenvalue weighted by molar-refractivity contribution is 7.18. The van der Waals surface area contributed by atoms with Crippen molar-refractivity contribution in [2.75, 3.05) is 5.32 Å². The first-order valence-corrected chi connectivity index (χ1v) is 6.36. The average Bonchev–Trinajstić information content (AvgIpc) is 2.91. The first-order valence-electron chi connectivity index (χ1n) is 5.54. The number of amides is 1. The van der Waals surface area contributed by atoms with Gasteiger partial charge in [0.25, 0.3) is 0 Å². The Morgan fingerprint density at radius 2 is 2.22 bits per heavy atom. The minimum absolute atomic E-state index is 0. The minimum atomic E-state index is -0.626. The molecule has 1 aliphatic rings. The molecular weight excluding hydrogens is 270 g/mol. The fourth-order valence-corrected chi connectivity index (χ4v) is 2.60. The van der Waals surface area contributed by atoms with Gasteiger partial charge in [0.2, 0.25) is 5.91 Å². The van der Waals surface area contributed by atoms with Crippen LogP contribution in [-0.2, 0) is 4.79 Å². The Morgan fingerprint density at radius 3 is 2.89 bits per heavy atom. The number of aryl methyl sites for hydroxylation is 1. The van der Waals surface area contributed by atoms with E-state index in [1.54, 1.807) is 11.3 Å². The lowest BCUT2D eigenvalue weighted by Crippen LogP contribution is -2.37. The number of aromatic nitrogens is 1. The largest absolute Gasteiger partial charge is 0.324 e. The summed E-state index contributed by atoms with van der Waals surface area (Å²) < 4.78 is 1.09. The van der Waals surface area contributed by atoms with Crippen molar-refractivity contribution in [2.45, 2.75) is 25.3 Å². The number of benzene rings is 1. The van der Waals surface area contributed by atoms with Crippen LogP contribution in [0.5, 0.6) is 0 Å². The van der Waals surface area contributed by atoms with E-state index in [0.717, 1.165) is 33.8 Å². The summed E-state index contributed by atoms with van der Waals surface area (Å²) in [5.41, 5.74) is 6.97. The Balaban J connectivity index is 0.00000120. The lowest BCUT2D eigenvalue weighted by atomic mass is 10.2. The Bertz CT molecular complexity index is 606. The molecule has 1 aromatic carbocycles. The van der Waals surface area contributed by atoms with Gasteiger partial charge in [-0.2, -0.15) is 0 Å². The molecule has 0 unspecified atom stereocenters. The molecule has 1 aromatic heterocycles. The van der Waals surface area contributed by atoms with Crippen molar-refractivity contribution in [3.8, 4) is 0 Å². The van der Waals surface area contributed by atoms with Crippen molar-refractivity contribution >= 4 is 45.6 Å². The van der Waals surface area contributed by atoms with Gasteiger partial charge in [-0.25, -0.2) is 4.98 Å². The number of fused-ring (bicyclic) bond motifs is 1. The second-order valence-corrected chi connectivity index (χ2v) is 5.76. The highest BCUT2D eigenvalue weighted by Gasteiger charge is 2.45. The Kier molecular flexibility index (Phi) is 3.31. The molecule has 4 nitrogen and oxygen atoms in total. The average molecular weight is 284 g/mol. The van der Waals surface area contributed by atoms with Crippen LogP contribution < -0.4 is 11.1 Å². The summed E-state index contributed by atoms with van der Waals surface area (Å²) >= 11 is 1.62. The van der Waals surface area contributed by atoms with Crippen LogP contribution in [0.15, 0.2) is 18.2 Å². The number of hydrogen-bond donors (Lipinski definition) is 2. The van der Waals surface area contributed by atoms with Crippen LogP contribution in [0.3, 0.4) is 0 Å². The molecule has 1 fully saturated rings. The number of nitrogens with zero attached hydrogens (tertiary/aromatic N) is 1. The molecule has 0 atom stereocenters. The summed E-state index contributed by atoms with van der Waals surface area (Å²) in [6.07, 6.45) is 1.56. The van der Waals surface area contributed by atoms with Crippen molar-refractivity contribution in [3.63, 3.8) is 0 Å². The molecule has 1 heterocycles. The molecule has 96 valence electrons. The van der Waals surface area contributed by atoms with Crippen LogP contribution in [0.2, 0.25) is 0 Å². The summed E-state index contributed by atoms with van der Waals surface area (Å²) in [5.74, 6) is -0.0851. The third-order valence-electron chi connectivity index (χ3n) is 2.99. The molecule has 3 rings (SSSR count). The van der Waals surface area contributed by atoms with Gasteiger partial charge in [0.1, 0.15) is 0 Å². The fourth-order valence-electron chi connectivity index (χ4n) is 1.73. The van der Waals surface area contributed by atoms with E-state index in [1.165, 1.54) is 0 Å². The molecule has 2 aromatic rings. The lowest BCUT2D eigenvalue weighted by Gasteiger charge is -2.09. The lowest BCUT2D eigenvalue weighted by molar-refractivity contribution is -0.118. The Labute approximate surface area is 115 Å². The molecule has 6 heteroatoms. The monoisotopic (exact) mass is 283 g/mol. The third kappa shape index (κ3) is 2.34. The Hall–Kier alpha value is -1.17. The maximum Gasteiger partial charge on any atom is 0.244 e. The molecule has 1 aliphatic carbocycles. The van der Waals surface area contributed by atoms with Gasteiger partial charge >= 0.3 is 0 Å². The summed E-state index contributed by atoms with van der Waals surface area (Å²) in [6, 6.07) is 5.74. The molecule has 0 aliphatic heterocycles. The van der Waals surface area contributed by atoms with Crippen molar-refractivity contribution in [3.05, 3.63) is 23.2 Å². The van der Waals surface area contributed by atoms with E-state index in [1.807, 2.05) is 25.1 Å². The zero-order valence-corrected chi connectivity index (χ0v) is 11.5. The SMILES string of the molecule is Cc1nc2ccc(NC(=O)C3(N)CC3)cc2s1.Cl. The van der Waals surface area contributed by atoms with Crippen molar-refractivity contribution in [2.24, 2.45) is 5.73 Å². The fraction of sp³-hybridized carbons (Fsp3) is 0.333. The molecule has 1 amide bonds. The summed E-state index contributed by atoms with van der Waals surface area (Å²) in [6.45, 7) is 1.97. The topological polar surface area (TPSA) is 68.0 Å². The predicted octanol–water partition coefficient (Wildman–Crippen LogP) is 2.46. The number of halogens is 1. The number of nitrogens with two attached hydrogens (primary N) is 1. The molecule has 0 saturated heterocycles. The highest BCUT2D eigenvalue weighted by atomic mass is 35.5. The van der Waals surface area contributed by atoms with Crippen LogP contribution in [0, 0.1) is 6.92 Å². The Morgan fingerprint density at radius 1 is 1.50 bits per heavy atom. The second kappa shape index (κ2) is 4.50. The van der Waals surface area contributed by atoms with Crippen LogP contribution in [0.4, 0.5) is 5.69 Å². The minimum Gasteiger partial charge on any atom is -0.324 e. The van der Waals surface area contributed by atoms with E-state index in [9.17, 15) is 4.79 Å². The maximum atomic E-state index is 11.8. The third-order valence-corrected chi connectivity index (χ3v) is 3.93. The van der Waals surface area contributed by atoms with Gasteiger partial charge in [-0.15, -0.1) is 23.7 Å². The van der Waals surface area contributed by atoms with Gasteiger partial charge in [-0.1, -0.05) is 0 Å². The van der Waals surface area contributed by atoms with Crippen LogP contribution >= 0.6 is 23.7 Å². The molecule has 0 radical (unpaired) electrons. The number of hydrogen-bond acceptors (Lipinski definition) is 4. The molecule has 0 bridgehead atoms. The molecule has 0 spiro atoms. The number of rotatable bonds is 2. The van der Waals surface area contributed by atoms with Gasteiger partial charge in [0.15, 0.2) is 0 Å².